The molecule has 6 heteroatoms. The first-order valence-corrected chi connectivity index (χ1v) is 25.8. The van der Waals surface area contributed by atoms with Crippen LogP contribution >= 0.6 is 16.8 Å². The molecule has 17 heavy (non-hydrogen) atoms. The summed E-state index contributed by atoms with van der Waals surface area (Å²) in [5.41, 5.74) is -5.38. The third kappa shape index (κ3) is 1.96. The molecule has 2 nitrogen and oxygen atoms in total. The Bertz CT molecular complexity index is 283. The van der Waals surface area contributed by atoms with Gasteiger partial charge in [0.2, 0.25) is 0 Å². The third-order valence-electron chi connectivity index (χ3n) is 3.77. The van der Waals surface area contributed by atoms with Crippen molar-refractivity contribution in [1.29, 1.82) is 0 Å². The van der Waals surface area contributed by atoms with Crippen molar-refractivity contribution in [2.24, 2.45) is 0 Å². The second-order valence-electron chi connectivity index (χ2n) is 7.25. The molecule has 0 aliphatic rings. The van der Waals surface area contributed by atoms with Crippen LogP contribution in [0.4, 0.5) is 0 Å². The fourth-order valence-electron chi connectivity index (χ4n) is 3.16. The molecule has 0 N–H and O–H groups in total. The molecule has 0 unspecified atom stereocenters. The van der Waals surface area contributed by atoms with E-state index in [0.717, 1.165) is 0 Å². The van der Waals surface area contributed by atoms with Crippen LogP contribution in [0.15, 0.2) is 0 Å². The van der Waals surface area contributed by atoms with E-state index in [0.29, 0.717) is 0 Å². The van der Waals surface area contributed by atoms with Gasteiger partial charge in [0.1, 0.15) is 0 Å². The van der Waals surface area contributed by atoms with Gasteiger partial charge in [-0.25, -0.2) is 0 Å². The van der Waals surface area contributed by atoms with Gasteiger partial charge in [-0.15, -0.1) is 0 Å². The summed E-state index contributed by atoms with van der Waals surface area (Å²) in [6, 6.07) is 0. The first kappa shape index (κ1) is 18.3. The van der Waals surface area contributed by atoms with Crippen LogP contribution in [0.5, 0.6) is 0 Å². The molecule has 0 aliphatic heterocycles. The molecular formula is C11H32O2P3Ru. The Morgan fingerprint density at radius 3 is 0.765 bits per heavy atom. The Hall–Kier alpha value is 1.25. The molecule has 0 saturated carbocycles. The van der Waals surface area contributed by atoms with Gasteiger partial charge >= 0.3 is 108 Å². The average molecular weight is 390 g/mol. The summed E-state index contributed by atoms with van der Waals surface area (Å²) >= 11 is -3.49. The molecule has 0 aromatic heterocycles. The van der Waals surface area contributed by atoms with E-state index in [2.05, 4.69) is 60.0 Å². The second kappa shape index (κ2) is 4.67. The Balaban J connectivity index is 6.79. The fraction of sp³-hybridized carbons (Fsp3) is 0.818. The summed E-state index contributed by atoms with van der Waals surface area (Å²) < 4.78 is 0. The van der Waals surface area contributed by atoms with E-state index in [1.54, 1.807) is 0 Å². The maximum atomic E-state index is 12.3. The molecule has 0 aromatic rings. The van der Waals surface area contributed by atoms with Gasteiger partial charge in [-0.3, -0.25) is 0 Å². The Morgan fingerprint density at radius 1 is 0.588 bits per heavy atom. The van der Waals surface area contributed by atoms with Crippen LogP contribution in [0.1, 0.15) is 0 Å². The average Bonchev–Trinajstić information content (AvgIpc) is 1.99. The van der Waals surface area contributed by atoms with Gasteiger partial charge in [-0.1, -0.05) is 0 Å². The molecule has 0 saturated heterocycles. The SMILES string of the molecule is C[PH](C)(C)[Ru]([CH]=O)([CH]=O)([PH](C)(C)C)[PH](C)(C)C. The second-order valence-corrected chi connectivity index (χ2v) is 68.4. The molecule has 0 spiro atoms. The van der Waals surface area contributed by atoms with E-state index in [-0.39, 0.29) is 0 Å². The zero-order valence-corrected chi connectivity index (χ0v) is 17.6. The fourth-order valence-corrected chi connectivity index (χ4v) is 140. The van der Waals surface area contributed by atoms with Crippen molar-refractivity contribution in [3.05, 3.63) is 0 Å². The van der Waals surface area contributed by atoms with Crippen molar-refractivity contribution < 1.29 is 21.7 Å². The Morgan fingerprint density at radius 2 is 0.765 bits per heavy atom. The minimum atomic E-state index is -3.49. The van der Waals surface area contributed by atoms with Gasteiger partial charge < -0.3 is 0 Å². The van der Waals surface area contributed by atoms with Crippen LogP contribution in [0.3, 0.4) is 0 Å². The molecule has 0 rings (SSSR count). The summed E-state index contributed by atoms with van der Waals surface area (Å²) in [7, 11) is 0. The summed E-state index contributed by atoms with van der Waals surface area (Å²) in [6.07, 6.45) is 0. The minimum absolute atomic E-state index is 1.26. The summed E-state index contributed by atoms with van der Waals surface area (Å²) in [5.74, 6) is 0. The van der Waals surface area contributed by atoms with Gasteiger partial charge in [0.25, 0.3) is 0 Å². The van der Waals surface area contributed by atoms with Crippen molar-refractivity contribution in [2.45, 2.75) is 0 Å². The number of carbonyl (C=O) groups excluding carboxylic acids is 2. The molecular weight excluding hydrogens is 358 g/mol. The van der Waals surface area contributed by atoms with Crippen LogP contribution in [-0.4, -0.2) is 69.7 Å². The number of rotatable bonds is 5. The van der Waals surface area contributed by atoms with Crippen LogP contribution in [-0.2, 0) is 21.7 Å². The summed E-state index contributed by atoms with van der Waals surface area (Å²) in [6.45, 7) is 20.4. The normalized spacial score (nSPS) is 19.9. The number of carbonyl (C=O) groups is 2. The van der Waals surface area contributed by atoms with E-state index in [4.69, 9.17) is 0 Å². The van der Waals surface area contributed by atoms with Crippen LogP contribution in [0, 0.1) is 0 Å². The molecule has 0 aliphatic carbocycles. The standard InChI is InChI=1S/3C3H9P.2CHO.Ru/c3*1-4(2)3;2*1-2;/h3*1-3H3;2*1H;/q;;;;;-3/p+3. The predicted molar refractivity (Wildman–Crippen MR) is 91.8 cm³/mol. The van der Waals surface area contributed by atoms with Crippen molar-refractivity contribution in [2.75, 3.05) is 60.0 Å². The van der Waals surface area contributed by atoms with E-state index < -0.39 is 28.9 Å². The zero-order chi connectivity index (χ0) is 14.4. The third-order valence-corrected chi connectivity index (χ3v) is 122. The molecule has 0 aromatic carbocycles. The van der Waals surface area contributed by atoms with Gasteiger partial charge in [-0.05, 0) is 0 Å². The Kier molecular flexibility index (Phi) is 5.01. The van der Waals surface area contributed by atoms with Crippen molar-refractivity contribution in [3.63, 3.8) is 0 Å². The van der Waals surface area contributed by atoms with Gasteiger partial charge in [0.15, 0.2) is 0 Å². The first-order valence-electron chi connectivity index (χ1n) is 5.91. The molecule has 0 bridgehead atoms. The van der Waals surface area contributed by atoms with E-state index in [1.807, 2.05) is 0 Å². The van der Waals surface area contributed by atoms with Crippen molar-refractivity contribution in [1.82, 2.24) is 0 Å². The molecule has 0 radical (unpaired) electrons. The molecule has 0 heterocycles. The van der Waals surface area contributed by atoms with Gasteiger partial charge in [-0.2, -0.15) is 0 Å². The molecule has 111 valence electrons. The number of hydrogen-bond donors (Lipinski definition) is 0. The van der Waals surface area contributed by atoms with Crippen LogP contribution in [0.25, 0.3) is 0 Å². The topological polar surface area (TPSA) is 34.1 Å². The molecule has 0 fully saturated rings. The summed E-state index contributed by atoms with van der Waals surface area (Å²) in [4.78, 5) is 27.1. The number of hydrogen-bond acceptors (Lipinski definition) is 2. The monoisotopic (exact) mass is 391 g/mol. The Labute approximate surface area is 108 Å². The molecule has 0 atom stereocenters. The first-order chi connectivity index (χ1) is 7.22. The van der Waals surface area contributed by atoms with Gasteiger partial charge in [0, 0.05) is 0 Å². The van der Waals surface area contributed by atoms with Crippen LogP contribution in [0.2, 0.25) is 0 Å². The van der Waals surface area contributed by atoms with Crippen LogP contribution < -0.4 is 0 Å². The van der Waals surface area contributed by atoms with Crippen molar-refractivity contribution in [3.8, 4) is 0 Å². The van der Waals surface area contributed by atoms with E-state index in [9.17, 15) is 9.59 Å². The maximum absolute atomic E-state index is 12.3. The van der Waals surface area contributed by atoms with Crippen molar-refractivity contribution >= 4 is 26.5 Å². The van der Waals surface area contributed by atoms with E-state index >= 15 is 0 Å². The molecule has 0 amide bonds. The quantitative estimate of drug-likeness (QED) is 0.411. The predicted octanol–water partition coefficient (Wildman–Crippen LogP) is 2.72. The van der Waals surface area contributed by atoms with Gasteiger partial charge in [0.05, 0.1) is 0 Å². The van der Waals surface area contributed by atoms with E-state index in [1.165, 1.54) is 9.76 Å². The summed E-state index contributed by atoms with van der Waals surface area (Å²) in [5, 5.41) is 0. The zero-order valence-electron chi connectivity index (χ0n) is 12.8.